The van der Waals surface area contributed by atoms with Crippen molar-refractivity contribution in [3.05, 3.63) is 47.5 Å². The lowest BCUT2D eigenvalue weighted by molar-refractivity contribution is -0.140. The van der Waals surface area contributed by atoms with Crippen molar-refractivity contribution >= 4 is 17.4 Å². The Morgan fingerprint density at radius 1 is 1.09 bits per heavy atom. The van der Waals surface area contributed by atoms with E-state index in [-0.39, 0.29) is 23.6 Å². The number of hydrogen-bond donors (Lipinski definition) is 2. The largest absolute Gasteiger partial charge is 0.434 e. The number of amides is 1. The minimum atomic E-state index is -4.48. The van der Waals surface area contributed by atoms with Gasteiger partial charge < -0.3 is 10.6 Å². The molecule has 0 atom stereocenters. The molecule has 0 radical (unpaired) electrons. The van der Waals surface area contributed by atoms with Crippen molar-refractivity contribution in [1.82, 2.24) is 24.5 Å². The molecule has 5 rings (SSSR count). The van der Waals surface area contributed by atoms with Gasteiger partial charge in [-0.3, -0.25) is 13.9 Å². The first-order chi connectivity index (χ1) is 15.4. The van der Waals surface area contributed by atoms with Crippen LogP contribution in [0.25, 0.3) is 5.65 Å². The zero-order chi connectivity index (χ0) is 22.3. The molecule has 10 heteroatoms. The smallest absolute Gasteiger partial charge is 0.368 e. The Morgan fingerprint density at radius 3 is 2.62 bits per heavy atom. The lowest BCUT2D eigenvalue weighted by atomic mass is 9.91. The Bertz CT molecular complexity index is 1100. The highest BCUT2D eigenvalue weighted by molar-refractivity contribution is 5.92. The summed E-state index contributed by atoms with van der Waals surface area (Å²) in [5.74, 6) is 0.452. The molecule has 1 saturated carbocycles. The van der Waals surface area contributed by atoms with E-state index in [2.05, 4.69) is 20.7 Å². The standard InChI is InChI=1S/C22H25F3N6O/c23-22(24,25)18-13-30-19(5-3-6-20(30)28-18)26-14-7-9-15(10-8-14)27-21(32)17-12-16-4-1-2-11-31(16)29-17/h3,5-6,12-15,26H,1-2,4,7-11H2,(H,27,32). The van der Waals surface area contributed by atoms with E-state index in [0.29, 0.717) is 11.5 Å². The second-order valence-electron chi connectivity index (χ2n) is 8.63. The summed E-state index contributed by atoms with van der Waals surface area (Å²) in [5, 5.41) is 10.9. The van der Waals surface area contributed by atoms with Gasteiger partial charge in [0, 0.05) is 30.5 Å². The molecular formula is C22H25F3N6O. The average molecular weight is 446 g/mol. The molecule has 3 aromatic heterocycles. The van der Waals surface area contributed by atoms with Gasteiger partial charge in [-0.25, -0.2) is 4.98 Å². The fraction of sp³-hybridized carbons (Fsp3) is 0.500. The van der Waals surface area contributed by atoms with Gasteiger partial charge in [-0.05, 0) is 63.1 Å². The number of aromatic nitrogens is 4. The summed E-state index contributed by atoms with van der Waals surface area (Å²) in [5.41, 5.74) is 0.955. The number of rotatable bonds is 4. The monoisotopic (exact) mass is 446 g/mol. The number of imidazole rings is 1. The molecule has 7 nitrogen and oxygen atoms in total. The summed E-state index contributed by atoms with van der Waals surface area (Å²) in [6.07, 6.45) is 2.94. The molecule has 1 amide bonds. The molecule has 3 aromatic rings. The van der Waals surface area contributed by atoms with Gasteiger partial charge in [0.05, 0.1) is 0 Å². The van der Waals surface area contributed by atoms with Crippen molar-refractivity contribution in [1.29, 1.82) is 0 Å². The van der Waals surface area contributed by atoms with Crippen LogP contribution >= 0.6 is 0 Å². The minimum absolute atomic E-state index is 0.0696. The molecule has 2 N–H and O–H groups in total. The van der Waals surface area contributed by atoms with Crippen LogP contribution in [0.15, 0.2) is 30.5 Å². The van der Waals surface area contributed by atoms with E-state index in [0.717, 1.165) is 63.4 Å². The van der Waals surface area contributed by atoms with Gasteiger partial charge >= 0.3 is 6.18 Å². The molecule has 4 heterocycles. The highest BCUT2D eigenvalue weighted by atomic mass is 19.4. The second-order valence-corrected chi connectivity index (χ2v) is 8.63. The van der Waals surface area contributed by atoms with Gasteiger partial charge in [-0.2, -0.15) is 18.3 Å². The topological polar surface area (TPSA) is 76.2 Å². The molecule has 0 saturated heterocycles. The first-order valence-corrected chi connectivity index (χ1v) is 11.1. The van der Waals surface area contributed by atoms with Gasteiger partial charge in [0.2, 0.25) is 0 Å². The Morgan fingerprint density at radius 2 is 1.88 bits per heavy atom. The first-order valence-electron chi connectivity index (χ1n) is 11.1. The number of carbonyl (C=O) groups is 1. The third-order valence-corrected chi connectivity index (χ3v) is 6.35. The van der Waals surface area contributed by atoms with E-state index in [1.54, 1.807) is 18.2 Å². The summed E-state index contributed by atoms with van der Waals surface area (Å²) in [4.78, 5) is 16.3. The molecule has 1 aliphatic carbocycles. The number of aryl methyl sites for hydroxylation is 2. The van der Waals surface area contributed by atoms with Crippen LogP contribution in [0.4, 0.5) is 19.0 Å². The van der Waals surface area contributed by atoms with Crippen LogP contribution in [0.2, 0.25) is 0 Å². The summed E-state index contributed by atoms with van der Waals surface area (Å²) < 4.78 is 42.4. The normalized spacial score (nSPS) is 21.3. The maximum absolute atomic E-state index is 13.0. The number of nitrogens with zero attached hydrogens (tertiary/aromatic N) is 4. The van der Waals surface area contributed by atoms with Crippen molar-refractivity contribution < 1.29 is 18.0 Å². The summed E-state index contributed by atoms with van der Waals surface area (Å²) in [6, 6.07) is 7.08. The van der Waals surface area contributed by atoms with Gasteiger partial charge in [-0.1, -0.05) is 6.07 Å². The van der Waals surface area contributed by atoms with Crippen molar-refractivity contribution in [2.24, 2.45) is 0 Å². The van der Waals surface area contributed by atoms with E-state index in [1.165, 1.54) is 4.40 Å². The molecule has 1 fully saturated rings. The maximum atomic E-state index is 13.0. The molecule has 0 spiro atoms. The number of nitrogens with one attached hydrogen (secondary N) is 2. The van der Waals surface area contributed by atoms with Gasteiger partial charge in [-0.15, -0.1) is 0 Å². The minimum Gasteiger partial charge on any atom is -0.368 e. The van der Waals surface area contributed by atoms with Crippen molar-refractivity contribution in [2.45, 2.75) is 69.8 Å². The summed E-state index contributed by atoms with van der Waals surface area (Å²) in [6.45, 7) is 0.869. The predicted octanol–water partition coefficient (Wildman–Crippen LogP) is 4.04. The highest BCUT2D eigenvalue weighted by Gasteiger charge is 2.34. The highest BCUT2D eigenvalue weighted by Crippen LogP contribution is 2.30. The SMILES string of the molecule is O=C(NC1CCC(Nc2cccc3nc(C(F)(F)F)cn23)CC1)c1cc2n(n1)CCCC2. The fourth-order valence-electron chi connectivity index (χ4n) is 4.64. The molecule has 170 valence electrons. The van der Waals surface area contributed by atoms with Crippen LogP contribution in [0.1, 0.15) is 60.4 Å². The third-order valence-electron chi connectivity index (χ3n) is 6.35. The number of pyridine rings is 1. The van der Waals surface area contributed by atoms with Crippen molar-refractivity contribution in [3.63, 3.8) is 0 Å². The molecule has 1 aliphatic heterocycles. The summed E-state index contributed by atoms with van der Waals surface area (Å²) in [7, 11) is 0. The van der Waals surface area contributed by atoms with Crippen LogP contribution in [0, 0.1) is 0 Å². The average Bonchev–Trinajstić information content (AvgIpc) is 3.40. The third kappa shape index (κ3) is 4.18. The zero-order valence-corrected chi connectivity index (χ0v) is 17.5. The Labute approximate surface area is 183 Å². The van der Waals surface area contributed by atoms with E-state index in [4.69, 9.17) is 0 Å². The van der Waals surface area contributed by atoms with Gasteiger partial charge in [0.15, 0.2) is 5.69 Å². The Balaban J connectivity index is 1.19. The number of hydrogen-bond acceptors (Lipinski definition) is 4. The summed E-state index contributed by atoms with van der Waals surface area (Å²) >= 11 is 0. The number of alkyl halides is 3. The van der Waals surface area contributed by atoms with Gasteiger partial charge in [0.1, 0.15) is 17.2 Å². The van der Waals surface area contributed by atoms with E-state index >= 15 is 0 Å². The number of halogens is 3. The zero-order valence-electron chi connectivity index (χ0n) is 17.5. The molecule has 2 aliphatic rings. The quantitative estimate of drug-likeness (QED) is 0.634. The number of carbonyl (C=O) groups excluding carboxylic acids is 1. The van der Waals surface area contributed by atoms with E-state index in [1.807, 2.05) is 10.7 Å². The molecule has 0 bridgehead atoms. The number of fused-ring (bicyclic) bond motifs is 2. The lowest BCUT2D eigenvalue weighted by Crippen LogP contribution is -2.40. The van der Waals surface area contributed by atoms with Crippen LogP contribution in [-0.4, -0.2) is 37.2 Å². The second kappa shape index (κ2) is 8.14. The predicted molar refractivity (Wildman–Crippen MR) is 112 cm³/mol. The molecular weight excluding hydrogens is 421 g/mol. The maximum Gasteiger partial charge on any atom is 0.434 e. The molecule has 0 unspecified atom stereocenters. The van der Waals surface area contributed by atoms with Crippen molar-refractivity contribution in [2.75, 3.05) is 5.32 Å². The Kier molecular flexibility index (Phi) is 5.30. The number of anilines is 1. The van der Waals surface area contributed by atoms with Crippen LogP contribution in [0.3, 0.4) is 0 Å². The molecule has 32 heavy (non-hydrogen) atoms. The lowest BCUT2D eigenvalue weighted by Gasteiger charge is -2.30. The van der Waals surface area contributed by atoms with E-state index < -0.39 is 11.9 Å². The van der Waals surface area contributed by atoms with Crippen LogP contribution in [0.5, 0.6) is 0 Å². The van der Waals surface area contributed by atoms with Crippen molar-refractivity contribution in [3.8, 4) is 0 Å². The van der Waals surface area contributed by atoms with Gasteiger partial charge in [0.25, 0.3) is 5.91 Å². The fourth-order valence-corrected chi connectivity index (χ4v) is 4.64. The van der Waals surface area contributed by atoms with Crippen LogP contribution < -0.4 is 10.6 Å². The van der Waals surface area contributed by atoms with E-state index in [9.17, 15) is 18.0 Å². The van der Waals surface area contributed by atoms with Crippen LogP contribution in [-0.2, 0) is 19.1 Å². The molecule has 0 aromatic carbocycles. The Hall–Kier alpha value is -3.04. The first kappa shape index (κ1) is 20.8.